The maximum Gasteiger partial charge on any atom is 0.241 e. The summed E-state index contributed by atoms with van der Waals surface area (Å²) in [4.78, 5) is 20.2. The first-order chi connectivity index (χ1) is 11.2. The maximum atomic E-state index is 12.7. The minimum absolute atomic E-state index is 0.0379. The van der Waals surface area contributed by atoms with Crippen molar-refractivity contribution in [3.05, 3.63) is 40.3 Å². The topological polar surface area (TPSA) is 54.5 Å². The van der Waals surface area contributed by atoms with Crippen LogP contribution in [-0.4, -0.2) is 35.5 Å². The molecule has 23 heavy (non-hydrogen) atoms. The zero-order chi connectivity index (χ0) is 16.2. The Morgan fingerprint density at radius 3 is 3.13 bits per heavy atom. The second-order valence-corrected chi connectivity index (χ2v) is 6.76. The molecule has 1 fully saturated rings. The van der Waals surface area contributed by atoms with E-state index >= 15 is 0 Å². The highest BCUT2D eigenvalue weighted by atomic mass is 32.1. The van der Waals surface area contributed by atoms with Crippen LogP contribution in [0.4, 0.5) is 5.69 Å². The Bertz CT molecular complexity index is 672. The third kappa shape index (κ3) is 3.71. The quantitative estimate of drug-likeness (QED) is 0.915. The number of carbonyl (C=O) groups excluding carboxylic acids is 1. The van der Waals surface area contributed by atoms with E-state index in [0.29, 0.717) is 5.75 Å². The molecule has 122 valence electrons. The van der Waals surface area contributed by atoms with Gasteiger partial charge in [-0.3, -0.25) is 14.7 Å². The molecule has 0 radical (unpaired) electrons. The average molecular weight is 331 g/mol. The first kappa shape index (κ1) is 16.0. The number of rotatable bonds is 5. The number of hydrogen-bond donors (Lipinski definition) is 1. The van der Waals surface area contributed by atoms with E-state index < -0.39 is 0 Å². The number of nitrogens with one attached hydrogen (secondary N) is 1. The van der Waals surface area contributed by atoms with Crippen LogP contribution < -0.4 is 10.1 Å². The largest absolute Gasteiger partial charge is 0.495 e. The van der Waals surface area contributed by atoms with Crippen molar-refractivity contribution in [2.45, 2.75) is 32.4 Å². The summed E-state index contributed by atoms with van der Waals surface area (Å²) in [6.07, 6.45) is 3.81. The number of thiazole rings is 1. The summed E-state index contributed by atoms with van der Waals surface area (Å²) in [6, 6.07) is 5.70. The molecule has 1 aliphatic heterocycles. The molecule has 1 unspecified atom stereocenters. The van der Waals surface area contributed by atoms with Gasteiger partial charge in [-0.1, -0.05) is 6.07 Å². The molecular formula is C17H21N3O2S. The van der Waals surface area contributed by atoms with Crippen molar-refractivity contribution in [1.82, 2.24) is 9.88 Å². The van der Waals surface area contributed by atoms with Gasteiger partial charge in [0.25, 0.3) is 0 Å². The molecule has 0 bridgehead atoms. The van der Waals surface area contributed by atoms with E-state index in [1.165, 1.54) is 4.88 Å². The van der Waals surface area contributed by atoms with Crippen LogP contribution in [0.2, 0.25) is 0 Å². The predicted molar refractivity (Wildman–Crippen MR) is 91.9 cm³/mol. The molecule has 1 aromatic carbocycles. The molecular weight excluding hydrogens is 310 g/mol. The fraction of sp³-hybridized carbons (Fsp3) is 0.412. The SMILES string of the molecule is COc1ccc(C)cc1NC(=O)C1CCCN1Cc1cncs1. The Morgan fingerprint density at radius 1 is 1.52 bits per heavy atom. The third-order valence-corrected chi connectivity index (χ3v) is 4.89. The monoisotopic (exact) mass is 331 g/mol. The van der Waals surface area contributed by atoms with Gasteiger partial charge in [-0.2, -0.15) is 0 Å². The molecule has 1 aromatic heterocycles. The number of hydrogen-bond acceptors (Lipinski definition) is 5. The van der Waals surface area contributed by atoms with Gasteiger partial charge >= 0.3 is 0 Å². The summed E-state index contributed by atoms with van der Waals surface area (Å²) in [5, 5.41) is 3.04. The highest BCUT2D eigenvalue weighted by Gasteiger charge is 2.31. The van der Waals surface area contributed by atoms with Crippen LogP contribution in [-0.2, 0) is 11.3 Å². The Labute approximate surface area is 140 Å². The molecule has 5 nitrogen and oxygen atoms in total. The van der Waals surface area contributed by atoms with Crippen molar-refractivity contribution in [2.75, 3.05) is 19.0 Å². The van der Waals surface area contributed by atoms with Crippen molar-refractivity contribution in [3.63, 3.8) is 0 Å². The number of nitrogens with zero attached hydrogens (tertiary/aromatic N) is 2. The molecule has 1 atom stereocenters. The summed E-state index contributed by atoms with van der Waals surface area (Å²) >= 11 is 1.63. The summed E-state index contributed by atoms with van der Waals surface area (Å²) in [6.45, 7) is 3.73. The summed E-state index contributed by atoms with van der Waals surface area (Å²) in [5.41, 5.74) is 3.66. The minimum atomic E-state index is -0.0951. The molecule has 1 aliphatic rings. The number of carbonyl (C=O) groups is 1. The van der Waals surface area contributed by atoms with Crippen molar-refractivity contribution in [1.29, 1.82) is 0 Å². The van der Waals surface area contributed by atoms with E-state index in [-0.39, 0.29) is 11.9 Å². The number of aryl methyl sites for hydroxylation is 1. The highest BCUT2D eigenvalue weighted by molar-refractivity contribution is 7.09. The lowest BCUT2D eigenvalue weighted by Gasteiger charge is -2.23. The Kier molecular flexibility index (Phi) is 4.93. The van der Waals surface area contributed by atoms with Crippen LogP contribution in [0.5, 0.6) is 5.75 Å². The molecule has 0 spiro atoms. The fourth-order valence-corrected chi connectivity index (χ4v) is 3.59. The van der Waals surface area contributed by atoms with Crippen molar-refractivity contribution >= 4 is 22.9 Å². The lowest BCUT2D eigenvalue weighted by atomic mass is 10.1. The van der Waals surface area contributed by atoms with Gasteiger partial charge in [0, 0.05) is 17.6 Å². The second kappa shape index (κ2) is 7.10. The Balaban J connectivity index is 1.71. The average Bonchev–Trinajstić information content (AvgIpc) is 3.19. The number of methoxy groups -OCH3 is 1. The van der Waals surface area contributed by atoms with E-state index in [0.717, 1.165) is 37.2 Å². The number of anilines is 1. The van der Waals surface area contributed by atoms with Gasteiger partial charge in [-0.05, 0) is 44.0 Å². The molecule has 1 saturated heterocycles. The van der Waals surface area contributed by atoms with Crippen LogP contribution >= 0.6 is 11.3 Å². The summed E-state index contributed by atoms with van der Waals surface area (Å²) < 4.78 is 5.34. The molecule has 1 amide bonds. The highest BCUT2D eigenvalue weighted by Crippen LogP contribution is 2.27. The van der Waals surface area contributed by atoms with Gasteiger partial charge < -0.3 is 10.1 Å². The molecule has 6 heteroatoms. The van der Waals surface area contributed by atoms with Crippen molar-refractivity contribution in [3.8, 4) is 5.75 Å². The van der Waals surface area contributed by atoms with Gasteiger partial charge in [-0.15, -0.1) is 11.3 Å². The number of amides is 1. The summed E-state index contributed by atoms with van der Waals surface area (Å²) in [5.74, 6) is 0.729. The van der Waals surface area contributed by atoms with Crippen molar-refractivity contribution in [2.24, 2.45) is 0 Å². The zero-order valence-corrected chi connectivity index (χ0v) is 14.2. The van der Waals surface area contributed by atoms with Crippen LogP contribution in [0, 0.1) is 6.92 Å². The number of ether oxygens (including phenoxy) is 1. The van der Waals surface area contributed by atoms with Crippen LogP contribution in [0.3, 0.4) is 0 Å². The molecule has 3 rings (SSSR count). The first-order valence-corrected chi connectivity index (χ1v) is 8.62. The van der Waals surface area contributed by atoms with E-state index in [1.807, 2.05) is 36.8 Å². The lowest BCUT2D eigenvalue weighted by molar-refractivity contribution is -0.120. The normalized spacial score (nSPS) is 18.1. The van der Waals surface area contributed by atoms with E-state index in [9.17, 15) is 4.79 Å². The molecule has 2 aromatic rings. The molecule has 0 aliphatic carbocycles. The van der Waals surface area contributed by atoms with Gasteiger partial charge in [-0.25, -0.2) is 0 Å². The molecule has 0 saturated carbocycles. The number of aromatic nitrogens is 1. The number of likely N-dealkylation sites (tertiary alicyclic amines) is 1. The maximum absolute atomic E-state index is 12.7. The van der Waals surface area contributed by atoms with E-state index in [1.54, 1.807) is 18.4 Å². The van der Waals surface area contributed by atoms with Gasteiger partial charge in [0.05, 0.1) is 24.3 Å². The second-order valence-electron chi connectivity index (χ2n) is 5.79. The Morgan fingerprint density at radius 2 is 2.39 bits per heavy atom. The Hall–Kier alpha value is -1.92. The van der Waals surface area contributed by atoms with E-state index in [2.05, 4.69) is 15.2 Å². The smallest absolute Gasteiger partial charge is 0.241 e. The van der Waals surface area contributed by atoms with Crippen LogP contribution in [0.1, 0.15) is 23.3 Å². The predicted octanol–water partition coefficient (Wildman–Crippen LogP) is 3.06. The van der Waals surface area contributed by atoms with Gasteiger partial charge in [0.1, 0.15) is 5.75 Å². The van der Waals surface area contributed by atoms with Gasteiger partial charge in [0.15, 0.2) is 0 Å². The molecule has 2 heterocycles. The van der Waals surface area contributed by atoms with Gasteiger partial charge in [0.2, 0.25) is 5.91 Å². The standard InChI is InChI=1S/C17H21N3O2S/c1-12-5-6-16(22-2)14(8-12)19-17(21)15-4-3-7-20(15)10-13-9-18-11-23-13/h5-6,8-9,11,15H,3-4,7,10H2,1-2H3,(H,19,21). The summed E-state index contributed by atoms with van der Waals surface area (Å²) in [7, 11) is 1.62. The van der Waals surface area contributed by atoms with Crippen molar-refractivity contribution < 1.29 is 9.53 Å². The fourth-order valence-electron chi connectivity index (χ4n) is 2.97. The third-order valence-electron chi connectivity index (χ3n) is 4.12. The molecule has 1 N–H and O–H groups in total. The van der Waals surface area contributed by atoms with Crippen LogP contribution in [0.25, 0.3) is 0 Å². The minimum Gasteiger partial charge on any atom is -0.495 e. The lowest BCUT2D eigenvalue weighted by Crippen LogP contribution is -2.39. The number of benzene rings is 1. The zero-order valence-electron chi connectivity index (χ0n) is 13.4. The van der Waals surface area contributed by atoms with E-state index in [4.69, 9.17) is 4.74 Å². The first-order valence-electron chi connectivity index (χ1n) is 7.74. The van der Waals surface area contributed by atoms with Crippen LogP contribution in [0.15, 0.2) is 29.9 Å².